The summed E-state index contributed by atoms with van der Waals surface area (Å²) in [6.07, 6.45) is 1.77. The Hall–Kier alpha value is -1.91. The predicted octanol–water partition coefficient (Wildman–Crippen LogP) is 2.28. The summed E-state index contributed by atoms with van der Waals surface area (Å²) < 4.78 is 11.1. The number of pyridine rings is 1. The van der Waals surface area contributed by atoms with Crippen LogP contribution in [0.4, 0.5) is 0 Å². The molecule has 8 heteroatoms. The average Bonchev–Trinajstić information content (AvgIpc) is 2.77. The highest BCUT2D eigenvalue weighted by Crippen LogP contribution is 2.13. The number of halogens is 1. The fourth-order valence-corrected chi connectivity index (χ4v) is 2.91. The van der Waals surface area contributed by atoms with E-state index in [0.717, 1.165) is 56.8 Å². The van der Waals surface area contributed by atoms with E-state index in [1.54, 1.807) is 13.2 Å². The van der Waals surface area contributed by atoms with Gasteiger partial charge in [-0.1, -0.05) is 18.2 Å². The molecule has 0 radical (unpaired) electrons. The maximum atomic E-state index is 5.77. The van der Waals surface area contributed by atoms with Crippen LogP contribution in [0.25, 0.3) is 0 Å². The minimum Gasteiger partial charge on any atom is -0.487 e. The first-order chi connectivity index (χ1) is 13.8. The first-order valence-electron chi connectivity index (χ1n) is 9.70. The number of hydrogen-bond acceptors (Lipinski definition) is 5. The van der Waals surface area contributed by atoms with Gasteiger partial charge < -0.3 is 20.1 Å². The summed E-state index contributed by atoms with van der Waals surface area (Å²) in [4.78, 5) is 10.9. The van der Waals surface area contributed by atoms with Crippen molar-refractivity contribution in [3.05, 3.63) is 59.9 Å². The molecule has 0 aliphatic carbocycles. The molecule has 7 nitrogen and oxygen atoms in total. The number of guanidine groups is 1. The first-order valence-corrected chi connectivity index (χ1v) is 9.70. The van der Waals surface area contributed by atoms with Gasteiger partial charge in [0.1, 0.15) is 12.4 Å². The number of aromatic nitrogens is 1. The number of hydrogen-bond donors (Lipinski definition) is 2. The second-order valence-electron chi connectivity index (χ2n) is 6.56. The number of benzene rings is 1. The Morgan fingerprint density at radius 2 is 1.93 bits per heavy atom. The fraction of sp³-hybridized carbons (Fsp3) is 0.429. The smallest absolute Gasteiger partial charge is 0.191 e. The van der Waals surface area contributed by atoms with Gasteiger partial charge in [0, 0.05) is 46.0 Å². The number of morpholine rings is 1. The van der Waals surface area contributed by atoms with Crippen LogP contribution >= 0.6 is 24.0 Å². The van der Waals surface area contributed by atoms with Gasteiger partial charge in [-0.05, 0) is 29.8 Å². The van der Waals surface area contributed by atoms with Gasteiger partial charge in [-0.3, -0.25) is 14.9 Å². The highest BCUT2D eigenvalue weighted by molar-refractivity contribution is 14.0. The number of rotatable bonds is 8. The van der Waals surface area contributed by atoms with Crippen molar-refractivity contribution in [1.29, 1.82) is 0 Å². The van der Waals surface area contributed by atoms with E-state index in [0.29, 0.717) is 13.2 Å². The molecule has 1 fully saturated rings. The van der Waals surface area contributed by atoms with Gasteiger partial charge in [0.2, 0.25) is 0 Å². The summed E-state index contributed by atoms with van der Waals surface area (Å²) >= 11 is 0. The lowest BCUT2D eigenvalue weighted by Gasteiger charge is -2.26. The van der Waals surface area contributed by atoms with Crippen molar-refractivity contribution in [2.24, 2.45) is 4.99 Å². The number of nitrogens with zero attached hydrogens (tertiary/aromatic N) is 3. The Morgan fingerprint density at radius 1 is 1.14 bits per heavy atom. The van der Waals surface area contributed by atoms with Crippen molar-refractivity contribution in [2.75, 3.05) is 46.4 Å². The highest BCUT2D eigenvalue weighted by Gasteiger charge is 2.09. The quantitative estimate of drug-likeness (QED) is 0.322. The molecule has 1 aliphatic heterocycles. The summed E-state index contributed by atoms with van der Waals surface area (Å²) in [7, 11) is 1.79. The van der Waals surface area contributed by atoms with Crippen LogP contribution in [0, 0.1) is 0 Å². The maximum absolute atomic E-state index is 5.77. The molecule has 2 heterocycles. The van der Waals surface area contributed by atoms with Gasteiger partial charge in [0.25, 0.3) is 0 Å². The van der Waals surface area contributed by atoms with Gasteiger partial charge in [-0.15, -0.1) is 24.0 Å². The normalized spacial score (nSPS) is 14.7. The lowest BCUT2D eigenvalue weighted by molar-refractivity contribution is 0.0389. The molecule has 0 atom stereocenters. The van der Waals surface area contributed by atoms with Gasteiger partial charge in [-0.25, -0.2) is 0 Å². The molecule has 1 saturated heterocycles. The number of ether oxygens (including phenoxy) is 2. The van der Waals surface area contributed by atoms with Gasteiger partial charge in [-0.2, -0.15) is 0 Å². The number of aliphatic imine (C=N–C) groups is 1. The van der Waals surface area contributed by atoms with Crippen LogP contribution in [0.5, 0.6) is 5.75 Å². The summed E-state index contributed by atoms with van der Waals surface area (Å²) in [5, 5.41) is 6.71. The third-order valence-corrected chi connectivity index (χ3v) is 4.54. The van der Waals surface area contributed by atoms with Crippen LogP contribution in [0.15, 0.2) is 53.7 Å². The highest BCUT2D eigenvalue weighted by atomic mass is 127. The van der Waals surface area contributed by atoms with Gasteiger partial charge in [0.05, 0.1) is 18.9 Å². The van der Waals surface area contributed by atoms with Crippen molar-refractivity contribution >= 4 is 29.9 Å². The van der Waals surface area contributed by atoms with Crippen LogP contribution in [0.3, 0.4) is 0 Å². The van der Waals surface area contributed by atoms with E-state index in [2.05, 4.69) is 37.6 Å². The largest absolute Gasteiger partial charge is 0.487 e. The average molecular weight is 511 g/mol. The summed E-state index contributed by atoms with van der Waals surface area (Å²) in [5.41, 5.74) is 2.08. The van der Waals surface area contributed by atoms with E-state index in [-0.39, 0.29) is 24.0 Å². The Kier molecular flexibility index (Phi) is 10.7. The molecule has 0 spiro atoms. The lowest BCUT2D eigenvalue weighted by Crippen LogP contribution is -2.44. The van der Waals surface area contributed by atoms with Gasteiger partial charge in [0.15, 0.2) is 5.96 Å². The lowest BCUT2D eigenvalue weighted by atomic mass is 10.2. The molecule has 2 aromatic rings. The second kappa shape index (κ2) is 13.3. The molecule has 0 unspecified atom stereocenters. The minimum atomic E-state index is 0. The zero-order valence-electron chi connectivity index (χ0n) is 16.8. The van der Waals surface area contributed by atoms with Crippen LogP contribution in [0.1, 0.15) is 11.3 Å². The van der Waals surface area contributed by atoms with Crippen LogP contribution in [-0.2, 0) is 17.9 Å². The van der Waals surface area contributed by atoms with E-state index in [1.165, 1.54) is 5.56 Å². The molecule has 0 bridgehead atoms. The molecule has 0 amide bonds. The standard InChI is InChI=1S/C21H29N5O2.HI/c1-22-21(24-10-11-26-12-14-27-15-13-26)25-16-18-5-7-20(8-6-18)28-17-19-4-2-3-9-23-19;/h2-9H,10-17H2,1H3,(H2,22,24,25);1H. The molecular weight excluding hydrogens is 481 g/mol. The van der Waals surface area contributed by atoms with Crippen molar-refractivity contribution in [3.63, 3.8) is 0 Å². The molecule has 3 rings (SSSR count). The zero-order chi connectivity index (χ0) is 19.4. The monoisotopic (exact) mass is 511 g/mol. The molecule has 0 saturated carbocycles. The van der Waals surface area contributed by atoms with Crippen molar-refractivity contribution in [1.82, 2.24) is 20.5 Å². The summed E-state index contributed by atoms with van der Waals surface area (Å²) in [6, 6.07) is 13.9. The van der Waals surface area contributed by atoms with Crippen LogP contribution < -0.4 is 15.4 Å². The molecular formula is C21H30IN5O2. The number of nitrogens with one attached hydrogen (secondary N) is 2. The minimum absolute atomic E-state index is 0. The van der Waals surface area contributed by atoms with E-state index < -0.39 is 0 Å². The topological polar surface area (TPSA) is 71.0 Å². The SMILES string of the molecule is CN=C(NCCN1CCOCC1)NCc1ccc(OCc2ccccn2)cc1.I. The second-order valence-corrected chi connectivity index (χ2v) is 6.56. The van der Waals surface area contributed by atoms with Crippen molar-refractivity contribution in [3.8, 4) is 5.75 Å². The molecule has 1 aliphatic rings. The maximum Gasteiger partial charge on any atom is 0.191 e. The fourth-order valence-electron chi connectivity index (χ4n) is 2.91. The third-order valence-electron chi connectivity index (χ3n) is 4.54. The molecule has 1 aromatic heterocycles. The predicted molar refractivity (Wildman–Crippen MR) is 126 cm³/mol. The Morgan fingerprint density at radius 3 is 2.62 bits per heavy atom. The molecule has 158 valence electrons. The molecule has 29 heavy (non-hydrogen) atoms. The van der Waals surface area contributed by atoms with E-state index >= 15 is 0 Å². The van der Waals surface area contributed by atoms with E-state index in [1.807, 2.05) is 30.3 Å². The Labute approximate surface area is 189 Å². The van der Waals surface area contributed by atoms with Crippen LogP contribution in [0.2, 0.25) is 0 Å². The molecule has 2 N–H and O–H groups in total. The summed E-state index contributed by atoms with van der Waals surface area (Å²) in [6.45, 7) is 6.69. The van der Waals surface area contributed by atoms with Crippen molar-refractivity contribution < 1.29 is 9.47 Å². The zero-order valence-corrected chi connectivity index (χ0v) is 19.2. The first kappa shape index (κ1) is 23.4. The Bertz CT molecular complexity index is 722. The van der Waals surface area contributed by atoms with E-state index in [4.69, 9.17) is 9.47 Å². The van der Waals surface area contributed by atoms with Gasteiger partial charge >= 0.3 is 0 Å². The Balaban J connectivity index is 0.00000300. The molecule has 1 aromatic carbocycles. The van der Waals surface area contributed by atoms with Crippen molar-refractivity contribution in [2.45, 2.75) is 13.2 Å². The third kappa shape index (κ3) is 8.55. The summed E-state index contributed by atoms with van der Waals surface area (Å²) in [5.74, 6) is 1.64. The van der Waals surface area contributed by atoms with Crippen LogP contribution in [-0.4, -0.2) is 62.3 Å². The van der Waals surface area contributed by atoms with E-state index in [9.17, 15) is 0 Å².